The number of carbonyl (C=O) groups excluding carboxylic acids is 3. The molecule has 0 radical (unpaired) electrons. The maximum absolute atomic E-state index is 11.7. The van der Waals surface area contributed by atoms with Crippen LogP contribution in [0, 0.1) is 0 Å². The maximum Gasteiger partial charge on any atom is 0.325 e. The van der Waals surface area contributed by atoms with Crippen molar-refractivity contribution in [3.63, 3.8) is 0 Å². The molecule has 0 spiro atoms. The van der Waals surface area contributed by atoms with Crippen LogP contribution in [0.2, 0.25) is 0 Å². The monoisotopic (exact) mass is 244 g/mol. The van der Waals surface area contributed by atoms with E-state index in [1.165, 1.54) is 6.92 Å². The standard InChI is InChI=1S/C10H16N2O5/c1-6(13)17-5-7(14)4-12-8(15)10(2,3)11-9(12)16/h7,14H,4-5H2,1-3H3,(H,11,16). The second-order valence-electron chi connectivity index (χ2n) is 4.43. The average Bonchev–Trinajstić information content (AvgIpc) is 2.38. The molecule has 0 aromatic rings. The predicted octanol–water partition coefficient (Wildman–Crippen LogP) is -0.759. The Kier molecular flexibility index (Phi) is 3.72. The van der Waals surface area contributed by atoms with Crippen LogP contribution in [0.25, 0.3) is 0 Å². The molecule has 1 heterocycles. The lowest BCUT2D eigenvalue weighted by Crippen LogP contribution is -2.42. The number of aliphatic hydroxyl groups excluding tert-OH is 1. The number of amides is 3. The zero-order valence-corrected chi connectivity index (χ0v) is 10.0. The van der Waals surface area contributed by atoms with Gasteiger partial charge in [0.25, 0.3) is 5.91 Å². The van der Waals surface area contributed by atoms with Crippen molar-refractivity contribution in [2.75, 3.05) is 13.2 Å². The van der Waals surface area contributed by atoms with E-state index in [-0.39, 0.29) is 13.2 Å². The minimum absolute atomic E-state index is 0.193. The van der Waals surface area contributed by atoms with E-state index in [9.17, 15) is 19.5 Å². The highest BCUT2D eigenvalue weighted by atomic mass is 16.5. The smallest absolute Gasteiger partial charge is 0.325 e. The first-order chi connectivity index (χ1) is 7.74. The largest absolute Gasteiger partial charge is 0.463 e. The summed E-state index contributed by atoms with van der Waals surface area (Å²) in [6.07, 6.45) is -1.08. The van der Waals surface area contributed by atoms with E-state index < -0.39 is 29.6 Å². The van der Waals surface area contributed by atoms with Gasteiger partial charge in [-0.2, -0.15) is 0 Å². The first-order valence-corrected chi connectivity index (χ1v) is 5.19. The minimum atomic E-state index is -1.08. The molecule has 0 bridgehead atoms. The molecular weight excluding hydrogens is 228 g/mol. The lowest BCUT2D eigenvalue weighted by molar-refractivity contribution is -0.144. The Morgan fingerprint density at radius 1 is 1.53 bits per heavy atom. The van der Waals surface area contributed by atoms with Gasteiger partial charge in [0.1, 0.15) is 18.2 Å². The van der Waals surface area contributed by atoms with Crippen LogP contribution in [-0.4, -0.2) is 52.7 Å². The number of ether oxygens (including phenoxy) is 1. The number of hydrogen-bond acceptors (Lipinski definition) is 5. The molecule has 1 aliphatic heterocycles. The summed E-state index contributed by atoms with van der Waals surface area (Å²) in [5, 5.41) is 12.0. The Bertz CT molecular complexity index is 353. The van der Waals surface area contributed by atoms with Crippen LogP contribution in [0.15, 0.2) is 0 Å². The van der Waals surface area contributed by atoms with Crippen LogP contribution >= 0.6 is 0 Å². The molecule has 1 fully saturated rings. The van der Waals surface area contributed by atoms with Gasteiger partial charge in [-0.15, -0.1) is 0 Å². The molecule has 1 atom stereocenters. The van der Waals surface area contributed by atoms with E-state index in [2.05, 4.69) is 10.1 Å². The van der Waals surface area contributed by atoms with Gasteiger partial charge in [-0.1, -0.05) is 0 Å². The first kappa shape index (κ1) is 13.4. The number of imide groups is 1. The van der Waals surface area contributed by atoms with Gasteiger partial charge in [0.2, 0.25) is 0 Å². The molecule has 2 N–H and O–H groups in total. The first-order valence-electron chi connectivity index (χ1n) is 5.19. The number of nitrogens with one attached hydrogen (secondary N) is 1. The molecule has 1 saturated heterocycles. The molecule has 17 heavy (non-hydrogen) atoms. The summed E-state index contributed by atoms with van der Waals surface area (Å²) in [5.74, 6) is -0.939. The van der Waals surface area contributed by atoms with Gasteiger partial charge in [-0.05, 0) is 13.8 Å². The number of rotatable bonds is 4. The highest BCUT2D eigenvalue weighted by molar-refractivity contribution is 6.06. The number of aliphatic hydroxyl groups is 1. The van der Waals surface area contributed by atoms with E-state index in [4.69, 9.17) is 0 Å². The number of nitrogens with zero attached hydrogens (tertiary/aromatic N) is 1. The topological polar surface area (TPSA) is 95.9 Å². The van der Waals surface area contributed by atoms with E-state index >= 15 is 0 Å². The van der Waals surface area contributed by atoms with E-state index in [1.807, 2.05) is 0 Å². The third kappa shape index (κ3) is 3.16. The fourth-order valence-electron chi connectivity index (χ4n) is 1.46. The van der Waals surface area contributed by atoms with Gasteiger partial charge in [-0.25, -0.2) is 4.79 Å². The average molecular weight is 244 g/mol. The van der Waals surface area contributed by atoms with Crippen molar-refractivity contribution in [2.24, 2.45) is 0 Å². The molecule has 1 rings (SSSR count). The Morgan fingerprint density at radius 2 is 2.12 bits per heavy atom. The lowest BCUT2D eigenvalue weighted by Gasteiger charge is -2.18. The Morgan fingerprint density at radius 3 is 2.53 bits per heavy atom. The van der Waals surface area contributed by atoms with Crippen LogP contribution in [-0.2, 0) is 14.3 Å². The fraction of sp³-hybridized carbons (Fsp3) is 0.700. The van der Waals surface area contributed by atoms with E-state index in [1.54, 1.807) is 13.8 Å². The maximum atomic E-state index is 11.7. The predicted molar refractivity (Wildman–Crippen MR) is 57.0 cm³/mol. The molecule has 0 saturated carbocycles. The van der Waals surface area contributed by atoms with Crippen molar-refractivity contribution >= 4 is 17.9 Å². The second kappa shape index (κ2) is 4.70. The van der Waals surface area contributed by atoms with Crippen LogP contribution < -0.4 is 5.32 Å². The minimum Gasteiger partial charge on any atom is -0.463 e. The zero-order valence-electron chi connectivity index (χ0n) is 10.0. The van der Waals surface area contributed by atoms with Gasteiger partial charge in [0, 0.05) is 6.92 Å². The zero-order chi connectivity index (χ0) is 13.2. The van der Waals surface area contributed by atoms with Crippen molar-refractivity contribution in [3.8, 4) is 0 Å². The summed E-state index contributed by atoms with van der Waals surface area (Å²) < 4.78 is 4.58. The van der Waals surface area contributed by atoms with Crippen molar-refractivity contribution in [1.82, 2.24) is 10.2 Å². The van der Waals surface area contributed by atoms with Gasteiger partial charge in [0.05, 0.1) is 6.54 Å². The molecule has 7 heteroatoms. The normalized spacial score (nSPS) is 20.1. The molecule has 3 amide bonds. The number of β-amino-alcohol motifs (C(OH)–C–C–N with tert-alkyl or cyclic N) is 1. The summed E-state index contributed by atoms with van der Waals surface area (Å²) >= 11 is 0. The van der Waals surface area contributed by atoms with Crippen molar-refractivity contribution in [1.29, 1.82) is 0 Å². The highest BCUT2D eigenvalue weighted by Crippen LogP contribution is 2.16. The molecule has 7 nitrogen and oxygen atoms in total. The number of carbonyl (C=O) groups is 3. The molecule has 0 aromatic heterocycles. The third-order valence-corrected chi connectivity index (χ3v) is 2.32. The molecule has 1 unspecified atom stereocenters. The number of hydrogen-bond donors (Lipinski definition) is 2. The molecule has 0 aliphatic carbocycles. The number of urea groups is 1. The lowest BCUT2D eigenvalue weighted by atomic mass is 10.1. The molecule has 96 valence electrons. The van der Waals surface area contributed by atoms with Gasteiger partial charge in [-0.3, -0.25) is 14.5 Å². The van der Waals surface area contributed by atoms with Gasteiger partial charge in [0.15, 0.2) is 0 Å². The van der Waals surface area contributed by atoms with Crippen LogP contribution in [0.3, 0.4) is 0 Å². The highest BCUT2D eigenvalue weighted by Gasteiger charge is 2.44. The Hall–Kier alpha value is -1.63. The van der Waals surface area contributed by atoms with Gasteiger partial charge >= 0.3 is 12.0 Å². The van der Waals surface area contributed by atoms with Crippen LogP contribution in [0.5, 0.6) is 0 Å². The summed E-state index contributed by atoms with van der Waals surface area (Å²) in [5.41, 5.74) is -0.960. The summed E-state index contributed by atoms with van der Waals surface area (Å²) in [6.45, 7) is 3.93. The fourth-order valence-corrected chi connectivity index (χ4v) is 1.46. The summed E-state index contributed by atoms with van der Waals surface area (Å²) in [6, 6.07) is -0.554. The Balaban J connectivity index is 2.54. The van der Waals surface area contributed by atoms with Crippen LogP contribution in [0.1, 0.15) is 20.8 Å². The summed E-state index contributed by atoms with van der Waals surface area (Å²) in [7, 11) is 0. The van der Waals surface area contributed by atoms with E-state index in [0.29, 0.717) is 0 Å². The van der Waals surface area contributed by atoms with Gasteiger partial charge < -0.3 is 15.2 Å². The van der Waals surface area contributed by atoms with Crippen molar-refractivity contribution in [3.05, 3.63) is 0 Å². The van der Waals surface area contributed by atoms with E-state index in [0.717, 1.165) is 4.90 Å². The molecule has 0 aromatic carbocycles. The second-order valence-corrected chi connectivity index (χ2v) is 4.43. The van der Waals surface area contributed by atoms with Crippen molar-refractivity contribution < 1.29 is 24.2 Å². The molecule has 1 aliphatic rings. The Labute approximate surface area is 98.7 Å². The summed E-state index contributed by atoms with van der Waals surface area (Å²) in [4.78, 5) is 34.6. The molecular formula is C10H16N2O5. The van der Waals surface area contributed by atoms with Crippen molar-refractivity contribution in [2.45, 2.75) is 32.4 Å². The quantitative estimate of drug-likeness (QED) is 0.500. The SMILES string of the molecule is CC(=O)OCC(O)CN1C(=O)NC(C)(C)C1=O. The number of esters is 1. The van der Waals surface area contributed by atoms with Crippen LogP contribution in [0.4, 0.5) is 4.79 Å². The third-order valence-electron chi connectivity index (χ3n) is 2.32.